The SMILES string of the molecule is COc1ccccc1C=CC(=O)NC(=S)NNC(=O)c1ccoc1C. The average molecular weight is 359 g/mol. The van der Waals surface area contributed by atoms with Crippen molar-refractivity contribution in [2.24, 2.45) is 0 Å². The number of aryl methyl sites for hydroxylation is 1. The minimum Gasteiger partial charge on any atom is -0.496 e. The Bertz CT molecular complexity index is 814. The van der Waals surface area contributed by atoms with Crippen LogP contribution in [0, 0.1) is 6.92 Å². The van der Waals surface area contributed by atoms with Gasteiger partial charge in [0.1, 0.15) is 11.5 Å². The molecule has 1 aromatic heterocycles. The molecule has 0 spiro atoms. The fraction of sp³-hybridized carbons (Fsp3) is 0.118. The number of ether oxygens (including phenoxy) is 1. The lowest BCUT2D eigenvalue weighted by molar-refractivity contribution is -0.115. The highest BCUT2D eigenvalue weighted by molar-refractivity contribution is 7.80. The molecule has 3 N–H and O–H groups in total. The van der Waals surface area contributed by atoms with Crippen LogP contribution in [0.1, 0.15) is 21.7 Å². The Morgan fingerprint density at radius 1 is 1.20 bits per heavy atom. The quantitative estimate of drug-likeness (QED) is 0.439. The standard InChI is InChI=1S/C17H17N3O4S/c1-11-13(9-10-24-11)16(22)19-20-17(25)18-15(21)8-7-12-5-3-4-6-14(12)23-2/h3-10H,1-2H3,(H,19,22)(H2,18,20,21,25). The summed E-state index contributed by atoms with van der Waals surface area (Å²) in [4.78, 5) is 23.7. The van der Waals surface area contributed by atoms with Crippen LogP contribution in [-0.2, 0) is 4.79 Å². The Balaban J connectivity index is 1.84. The fourth-order valence-corrected chi connectivity index (χ4v) is 2.11. The number of hydrogen-bond donors (Lipinski definition) is 3. The summed E-state index contributed by atoms with van der Waals surface area (Å²) >= 11 is 4.95. The lowest BCUT2D eigenvalue weighted by Crippen LogP contribution is -2.48. The van der Waals surface area contributed by atoms with E-state index in [4.69, 9.17) is 21.4 Å². The molecule has 0 aliphatic rings. The number of furan rings is 1. The molecule has 2 aromatic rings. The first-order chi connectivity index (χ1) is 12.0. The maximum absolute atomic E-state index is 11.9. The van der Waals surface area contributed by atoms with Crippen molar-refractivity contribution >= 4 is 35.2 Å². The van der Waals surface area contributed by atoms with E-state index in [1.165, 1.54) is 18.4 Å². The van der Waals surface area contributed by atoms with E-state index in [1.54, 1.807) is 26.2 Å². The molecule has 0 atom stereocenters. The molecule has 0 fully saturated rings. The van der Waals surface area contributed by atoms with Gasteiger partial charge in [-0.15, -0.1) is 0 Å². The van der Waals surface area contributed by atoms with E-state index >= 15 is 0 Å². The molecule has 0 aliphatic carbocycles. The molecule has 2 rings (SSSR count). The highest BCUT2D eigenvalue weighted by Gasteiger charge is 2.11. The van der Waals surface area contributed by atoms with Crippen molar-refractivity contribution in [1.82, 2.24) is 16.2 Å². The first kappa shape index (κ1) is 18.2. The van der Waals surface area contributed by atoms with E-state index in [2.05, 4.69) is 16.2 Å². The Labute approximate surface area is 150 Å². The third kappa shape index (κ3) is 5.18. The van der Waals surface area contributed by atoms with Crippen LogP contribution in [0.2, 0.25) is 0 Å². The van der Waals surface area contributed by atoms with Gasteiger partial charge in [0, 0.05) is 11.6 Å². The van der Waals surface area contributed by atoms with E-state index < -0.39 is 11.8 Å². The van der Waals surface area contributed by atoms with Gasteiger partial charge in [0.2, 0.25) is 5.91 Å². The van der Waals surface area contributed by atoms with Crippen molar-refractivity contribution in [2.75, 3.05) is 7.11 Å². The van der Waals surface area contributed by atoms with E-state index in [1.807, 2.05) is 18.2 Å². The Kier molecular flexibility index (Phi) is 6.30. The van der Waals surface area contributed by atoms with Gasteiger partial charge in [-0.3, -0.25) is 25.8 Å². The van der Waals surface area contributed by atoms with Crippen LogP contribution in [0.15, 0.2) is 47.1 Å². The molecule has 1 aromatic carbocycles. The predicted octanol–water partition coefficient (Wildman–Crippen LogP) is 1.95. The first-order valence-corrected chi connectivity index (χ1v) is 7.68. The fourth-order valence-electron chi connectivity index (χ4n) is 1.96. The summed E-state index contributed by atoms with van der Waals surface area (Å²) in [5.41, 5.74) is 5.95. The summed E-state index contributed by atoms with van der Waals surface area (Å²) < 4.78 is 10.2. The largest absolute Gasteiger partial charge is 0.496 e. The van der Waals surface area contributed by atoms with Crippen molar-refractivity contribution in [1.29, 1.82) is 0 Å². The molecule has 0 bridgehead atoms. The number of carbonyl (C=O) groups is 2. The molecule has 0 saturated carbocycles. The van der Waals surface area contributed by atoms with Gasteiger partial charge in [-0.05, 0) is 37.4 Å². The number of hydrazine groups is 1. The predicted molar refractivity (Wildman–Crippen MR) is 96.8 cm³/mol. The minimum absolute atomic E-state index is 0.0378. The number of methoxy groups -OCH3 is 1. The molecule has 0 radical (unpaired) electrons. The molecule has 2 amide bonds. The van der Waals surface area contributed by atoms with Crippen LogP contribution in [-0.4, -0.2) is 24.0 Å². The highest BCUT2D eigenvalue weighted by Crippen LogP contribution is 2.18. The van der Waals surface area contributed by atoms with Gasteiger partial charge in [0.15, 0.2) is 5.11 Å². The van der Waals surface area contributed by atoms with Gasteiger partial charge in [-0.2, -0.15) is 0 Å². The number of carbonyl (C=O) groups excluding carboxylic acids is 2. The lowest BCUT2D eigenvalue weighted by Gasteiger charge is -2.09. The Morgan fingerprint density at radius 3 is 2.64 bits per heavy atom. The number of hydrogen-bond acceptors (Lipinski definition) is 5. The monoisotopic (exact) mass is 359 g/mol. The van der Waals surface area contributed by atoms with Crippen molar-refractivity contribution in [3.05, 3.63) is 59.6 Å². The Morgan fingerprint density at radius 2 is 1.96 bits per heavy atom. The van der Waals surface area contributed by atoms with E-state index in [-0.39, 0.29) is 5.11 Å². The van der Waals surface area contributed by atoms with Crippen LogP contribution >= 0.6 is 12.2 Å². The zero-order valence-electron chi connectivity index (χ0n) is 13.7. The summed E-state index contributed by atoms with van der Waals surface area (Å²) in [5.74, 6) is 0.258. The third-order valence-corrected chi connectivity index (χ3v) is 3.39. The van der Waals surface area contributed by atoms with Crippen LogP contribution in [0.3, 0.4) is 0 Å². The van der Waals surface area contributed by atoms with Crippen LogP contribution in [0.4, 0.5) is 0 Å². The molecular weight excluding hydrogens is 342 g/mol. The Hall–Kier alpha value is -3.13. The number of thiocarbonyl (C=S) groups is 1. The summed E-state index contributed by atoms with van der Waals surface area (Å²) in [6.07, 6.45) is 4.32. The summed E-state index contributed by atoms with van der Waals surface area (Å²) in [6, 6.07) is 8.80. The molecule has 130 valence electrons. The molecule has 1 heterocycles. The summed E-state index contributed by atoms with van der Waals surface area (Å²) in [5, 5.41) is 2.38. The molecule has 0 saturated heterocycles. The van der Waals surface area contributed by atoms with Crippen LogP contribution in [0.25, 0.3) is 6.08 Å². The van der Waals surface area contributed by atoms with Crippen molar-refractivity contribution in [2.45, 2.75) is 6.92 Å². The van der Waals surface area contributed by atoms with E-state index in [0.717, 1.165) is 5.56 Å². The first-order valence-electron chi connectivity index (χ1n) is 7.27. The molecule has 8 heteroatoms. The number of amides is 2. The number of rotatable bonds is 4. The zero-order chi connectivity index (χ0) is 18.2. The number of benzene rings is 1. The topological polar surface area (TPSA) is 92.6 Å². The summed E-state index contributed by atoms with van der Waals surface area (Å²) in [7, 11) is 1.55. The molecule has 0 aliphatic heterocycles. The average Bonchev–Trinajstić information content (AvgIpc) is 3.04. The number of para-hydroxylation sites is 1. The highest BCUT2D eigenvalue weighted by atomic mass is 32.1. The molecular formula is C17H17N3O4S. The smallest absolute Gasteiger partial charge is 0.273 e. The van der Waals surface area contributed by atoms with Gasteiger partial charge in [0.05, 0.1) is 18.9 Å². The van der Waals surface area contributed by atoms with E-state index in [0.29, 0.717) is 17.1 Å². The van der Waals surface area contributed by atoms with Crippen molar-refractivity contribution in [3.8, 4) is 5.75 Å². The van der Waals surface area contributed by atoms with Gasteiger partial charge >= 0.3 is 0 Å². The van der Waals surface area contributed by atoms with Gasteiger partial charge in [-0.1, -0.05) is 18.2 Å². The van der Waals surface area contributed by atoms with Gasteiger partial charge < -0.3 is 9.15 Å². The molecule has 0 unspecified atom stereocenters. The molecule has 7 nitrogen and oxygen atoms in total. The minimum atomic E-state index is -0.447. The van der Waals surface area contributed by atoms with Crippen molar-refractivity contribution in [3.63, 3.8) is 0 Å². The number of nitrogens with one attached hydrogen (secondary N) is 3. The summed E-state index contributed by atoms with van der Waals surface area (Å²) in [6.45, 7) is 1.66. The normalized spacial score (nSPS) is 10.3. The van der Waals surface area contributed by atoms with E-state index in [9.17, 15) is 9.59 Å². The second kappa shape index (κ2) is 8.65. The van der Waals surface area contributed by atoms with Gasteiger partial charge in [0.25, 0.3) is 5.91 Å². The van der Waals surface area contributed by atoms with Crippen LogP contribution < -0.4 is 20.9 Å². The maximum atomic E-state index is 11.9. The van der Waals surface area contributed by atoms with Crippen molar-refractivity contribution < 1.29 is 18.7 Å². The third-order valence-electron chi connectivity index (χ3n) is 3.18. The second-order valence-electron chi connectivity index (χ2n) is 4.86. The maximum Gasteiger partial charge on any atom is 0.273 e. The van der Waals surface area contributed by atoms with Crippen LogP contribution in [0.5, 0.6) is 5.75 Å². The lowest BCUT2D eigenvalue weighted by atomic mass is 10.2. The van der Waals surface area contributed by atoms with Gasteiger partial charge in [-0.25, -0.2) is 0 Å². The second-order valence-corrected chi connectivity index (χ2v) is 5.27. The zero-order valence-corrected chi connectivity index (χ0v) is 14.5. The molecule has 25 heavy (non-hydrogen) atoms.